The minimum Gasteiger partial charge on any atom is -0.351 e. The van der Waals surface area contributed by atoms with Crippen molar-refractivity contribution in [2.24, 2.45) is 11.8 Å². The van der Waals surface area contributed by atoms with Gasteiger partial charge in [0.2, 0.25) is 5.95 Å². The first-order valence-electron chi connectivity index (χ1n) is 7.27. The predicted octanol–water partition coefficient (Wildman–Crippen LogP) is 2.21. The molecule has 1 aromatic heterocycles. The van der Waals surface area contributed by atoms with E-state index in [-0.39, 0.29) is 0 Å². The Morgan fingerprint density at radius 1 is 1.43 bits per heavy atom. The summed E-state index contributed by atoms with van der Waals surface area (Å²) in [7, 11) is 1.65. The van der Waals surface area contributed by atoms with E-state index in [0.717, 1.165) is 5.92 Å². The monoisotopic (exact) mass is 290 g/mol. The summed E-state index contributed by atoms with van der Waals surface area (Å²) >= 11 is 0. The number of rotatable bonds is 4. The van der Waals surface area contributed by atoms with Gasteiger partial charge in [-0.2, -0.15) is 0 Å². The van der Waals surface area contributed by atoms with Crippen molar-refractivity contribution >= 4 is 17.7 Å². The first kappa shape index (κ1) is 17.3. The lowest BCUT2D eigenvalue weighted by molar-refractivity contribution is 0.360. The Bertz CT molecular complexity index is 451. The highest BCUT2D eigenvalue weighted by Gasteiger charge is 2.18. The second kappa shape index (κ2) is 9.20. The first-order chi connectivity index (χ1) is 10.1. The van der Waals surface area contributed by atoms with Crippen molar-refractivity contribution in [3.8, 4) is 0 Å². The molecule has 6 heteroatoms. The molecular weight excluding hydrogens is 264 g/mol. The summed E-state index contributed by atoms with van der Waals surface area (Å²) in [6.45, 7) is 6.09. The van der Waals surface area contributed by atoms with Crippen LogP contribution >= 0.6 is 0 Å². The second-order valence-corrected chi connectivity index (χ2v) is 5.32. The van der Waals surface area contributed by atoms with E-state index < -0.39 is 0 Å². The molecule has 1 aliphatic rings. The number of anilines is 1. The van der Waals surface area contributed by atoms with Gasteiger partial charge in [-0.15, -0.1) is 0 Å². The van der Waals surface area contributed by atoms with Crippen LogP contribution in [0.25, 0.3) is 5.57 Å². The van der Waals surface area contributed by atoms with E-state index in [0.29, 0.717) is 23.3 Å². The Hall–Kier alpha value is -1.79. The standard InChI is InChI=1S/C14H20N4.CH6N2/c1-10-3-5-12(6-4-10)17-14-16-8-7-13(18-14)11(2)9-15;1-3-2/h7-10,12,15H,2-6H2,1H3,(H,16,17,18);3H,2H2,1H3. The summed E-state index contributed by atoms with van der Waals surface area (Å²) in [5.74, 6) is 6.09. The topological polar surface area (TPSA) is 99.7 Å². The molecule has 0 amide bonds. The summed E-state index contributed by atoms with van der Waals surface area (Å²) in [5, 5.41) is 10.6. The molecule has 1 fully saturated rings. The first-order valence-corrected chi connectivity index (χ1v) is 7.27. The molecule has 2 rings (SSSR count). The van der Waals surface area contributed by atoms with Gasteiger partial charge in [0.1, 0.15) is 0 Å². The van der Waals surface area contributed by atoms with Crippen LogP contribution in [0.15, 0.2) is 18.8 Å². The largest absolute Gasteiger partial charge is 0.351 e. The van der Waals surface area contributed by atoms with E-state index in [2.05, 4.69) is 40.1 Å². The molecule has 6 nitrogen and oxygen atoms in total. The van der Waals surface area contributed by atoms with Crippen molar-refractivity contribution in [1.82, 2.24) is 15.4 Å². The second-order valence-electron chi connectivity index (χ2n) is 5.32. The molecule has 1 saturated carbocycles. The van der Waals surface area contributed by atoms with E-state index in [1.165, 1.54) is 31.9 Å². The minimum atomic E-state index is 0.477. The average molecular weight is 290 g/mol. The third-order valence-electron chi connectivity index (χ3n) is 3.51. The molecule has 0 spiro atoms. The van der Waals surface area contributed by atoms with Gasteiger partial charge in [0.15, 0.2) is 0 Å². The van der Waals surface area contributed by atoms with Gasteiger partial charge in [0.25, 0.3) is 0 Å². The van der Waals surface area contributed by atoms with Gasteiger partial charge in [-0.3, -0.25) is 11.3 Å². The lowest BCUT2D eigenvalue weighted by Crippen LogP contribution is -2.26. The summed E-state index contributed by atoms with van der Waals surface area (Å²) in [6, 6.07) is 2.26. The maximum Gasteiger partial charge on any atom is 0.223 e. The van der Waals surface area contributed by atoms with E-state index in [9.17, 15) is 0 Å². The van der Waals surface area contributed by atoms with E-state index >= 15 is 0 Å². The molecule has 0 aliphatic heterocycles. The smallest absolute Gasteiger partial charge is 0.223 e. The lowest BCUT2D eigenvalue weighted by Gasteiger charge is -2.26. The van der Waals surface area contributed by atoms with Crippen LogP contribution in [0.3, 0.4) is 0 Å². The van der Waals surface area contributed by atoms with Crippen LogP contribution in [0.1, 0.15) is 38.3 Å². The molecule has 0 saturated heterocycles. The number of aromatic nitrogens is 2. The SMILES string of the molecule is C=C(C=N)c1ccnc(NC2CCC(C)CC2)n1.CNN. The Labute approximate surface area is 126 Å². The molecule has 1 aromatic rings. The minimum absolute atomic E-state index is 0.477. The van der Waals surface area contributed by atoms with Crippen LogP contribution in [0.4, 0.5) is 5.95 Å². The summed E-state index contributed by atoms with van der Waals surface area (Å²) < 4.78 is 0. The number of nitrogens with one attached hydrogen (secondary N) is 3. The van der Waals surface area contributed by atoms with Gasteiger partial charge < -0.3 is 10.7 Å². The molecule has 0 bridgehead atoms. The number of allylic oxidation sites excluding steroid dienone is 1. The Morgan fingerprint density at radius 3 is 2.62 bits per heavy atom. The molecule has 0 radical (unpaired) electrons. The fraction of sp³-hybridized carbons (Fsp3) is 0.533. The highest BCUT2D eigenvalue weighted by molar-refractivity contribution is 6.06. The van der Waals surface area contributed by atoms with Crippen LogP contribution < -0.4 is 16.6 Å². The summed E-state index contributed by atoms with van der Waals surface area (Å²) in [6.07, 6.45) is 7.83. The van der Waals surface area contributed by atoms with E-state index in [4.69, 9.17) is 5.41 Å². The van der Waals surface area contributed by atoms with Crippen LogP contribution in [0.5, 0.6) is 0 Å². The maximum atomic E-state index is 7.19. The van der Waals surface area contributed by atoms with E-state index in [1.54, 1.807) is 19.3 Å². The lowest BCUT2D eigenvalue weighted by atomic mass is 9.87. The fourth-order valence-corrected chi connectivity index (χ4v) is 2.27. The number of hydrogen-bond acceptors (Lipinski definition) is 6. The van der Waals surface area contributed by atoms with E-state index in [1.807, 2.05) is 0 Å². The molecule has 0 aromatic carbocycles. The molecule has 116 valence electrons. The highest BCUT2D eigenvalue weighted by Crippen LogP contribution is 2.25. The van der Waals surface area contributed by atoms with Gasteiger partial charge >= 0.3 is 0 Å². The zero-order valence-electron chi connectivity index (χ0n) is 12.9. The van der Waals surface area contributed by atoms with Gasteiger partial charge in [0, 0.05) is 24.0 Å². The van der Waals surface area contributed by atoms with Gasteiger partial charge in [-0.05, 0) is 44.7 Å². The van der Waals surface area contributed by atoms with Gasteiger partial charge in [-0.25, -0.2) is 9.97 Å². The molecule has 1 heterocycles. The molecule has 5 N–H and O–H groups in total. The van der Waals surface area contributed by atoms with Crippen LogP contribution in [-0.4, -0.2) is 29.3 Å². The molecular formula is C15H26N6. The molecule has 0 unspecified atom stereocenters. The predicted molar refractivity (Wildman–Crippen MR) is 88.1 cm³/mol. The molecule has 21 heavy (non-hydrogen) atoms. The number of nitrogens with two attached hydrogens (primary N) is 1. The third kappa shape index (κ3) is 6.01. The maximum absolute atomic E-state index is 7.19. The van der Waals surface area contributed by atoms with Gasteiger partial charge in [-0.1, -0.05) is 13.5 Å². The van der Waals surface area contributed by atoms with Crippen molar-refractivity contribution in [2.45, 2.75) is 38.6 Å². The van der Waals surface area contributed by atoms with Gasteiger partial charge in [0.05, 0.1) is 5.69 Å². The zero-order valence-corrected chi connectivity index (χ0v) is 12.9. The highest BCUT2D eigenvalue weighted by atomic mass is 15.2. The number of hydrazine groups is 1. The molecule has 1 aliphatic carbocycles. The molecule has 0 atom stereocenters. The Morgan fingerprint density at radius 2 is 2.05 bits per heavy atom. The summed E-state index contributed by atoms with van der Waals surface area (Å²) in [4.78, 5) is 8.61. The quantitative estimate of drug-likeness (QED) is 0.387. The average Bonchev–Trinajstić information content (AvgIpc) is 2.50. The fourth-order valence-electron chi connectivity index (χ4n) is 2.27. The van der Waals surface area contributed by atoms with Crippen molar-refractivity contribution in [1.29, 1.82) is 5.41 Å². The third-order valence-corrected chi connectivity index (χ3v) is 3.51. The number of hydrogen-bond donors (Lipinski definition) is 4. The Balaban J connectivity index is 0.000000677. The van der Waals surface area contributed by atoms with Crippen molar-refractivity contribution in [3.63, 3.8) is 0 Å². The van der Waals surface area contributed by atoms with Crippen molar-refractivity contribution < 1.29 is 0 Å². The zero-order chi connectivity index (χ0) is 15.7. The van der Waals surface area contributed by atoms with Crippen LogP contribution in [-0.2, 0) is 0 Å². The number of nitrogens with zero attached hydrogens (tertiary/aromatic N) is 2. The van der Waals surface area contributed by atoms with Crippen molar-refractivity contribution in [2.75, 3.05) is 12.4 Å². The summed E-state index contributed by atoms with van der Waals surface area (Å²) in [5.41, 5.74) is 3.57. The van der Waals surface area contributed by atoms with Crippen LogP contribution in [0, 0.1) is 11.3 Å². The van der Waals surface area contributed by atoms with Crippen LogP contribution in [0.2, 0.25) is 0 Å². The van der Waals surface area contributed by atoms with Crippen molar-refractivity contribution in [3.05, 3.63) is 24.5 Å². The Kier molecular flexibility index (Phi) is 7.56. The normalized spacial score (nSPS) is 20.9.